The molecule has 10 heteroatoms. The van der Waals surface area contributed by atoms with Crippen LogP contribution in [0.4, 0.5) is 10.5 Å². The van der Waals surface area contributed by atoms with Crippen molar-refractivity contribution in [1.29, 1.82) is 0 Å². The first kappa shape index (κ1) is 19.0. The summed E-state index contributed by atoms with van der Waals surface area (Å²) in [6.07, 6.45) is 6.60. The van der Waals surface area contributed by atoms with Gasteiger partial charge in [-0.2, -0.15) is 15.0 Å². The molecule has 1 saturated carbocycles. The highest BCUT2D eigenvalue weighted by atomic mass is 35.5. The molecule has 2 aromatic heterocycles. The van der Waals surface area contributed by atoms with Gasteiger partial charge in [-0.3, -0.25) is 0 Å². The Labute approximate surface area is 178 Å². The number of fused-ring (bicyclic) bond motifs is 2. The smallest absolute Gasteiger partial charge is 0.322 e. The lowest BCUT2D eigenvalue weighted by Crippen LogP contribution is -2.73. The number of aryl methyl sites for hydroxylation is 1. The largest absolute Gasteiger partial charge is 0.426 e. The fraction of sp³-hybridized carbons (Fsp3) is 0.450. The molecule has 3 heterocycles. The molecule has 1 aliphatic heterocycles. The van der Waals surface area contributed by atoms with Crippen molar-refractivity contribution in [3.63, 3.8) is 0 Å². The lowest BCUT2D eigenvalue weighted by Gasteiger charge is -2.63. The normalized spacial score (nSPS) is 25.1. The van der Waals surface area contributed by atoms with Gasteiger partial charge in [0, 0.05) is 25.1 Å². The maximum atomic E-state index is 13.3. The minimum atomic E-state index is -0.288. The van der Waals surface area contributed by atoms with Gasteiger partial charge < -0.3 is 14.6 Å². The summed E-state index contributed by atoms with van der Waals surface area (Å²) < 4.78 is 5.62. The van der Waals surface area contributed by atoms with E-state index in [0.717, 1.165) is 19.3 Å². The quantitative estimate of drug-likeness (QED) is 0.682. The molecule has 9 nitrogen and oxygen atoms in total. The minimum absolute atomic E-state index is 0.129. The number of carbonyl (C=O) groups is 1. The van der Waals surface area contributed by atoms with Gasteiger partial charge in [0.05, 0.1) is 23.0 Å². The Kier molecular flexibility index (Phi) is 4.50. The number of nitrogens with one attached hydrogen (secondary N) is 1. The molecule has 3 aromatic rings. The van der Waals surface area contributed by atoms with Crippen molar-refractivity contribution in [2.24, 2.45) is 5.92 Å². The molecule has 1 aliphatic carbocycles. The number of carbonyl (C=O) groups excluding carboxylic acids is 1. The molecule has 30 heavy (non-hydrogen) atoms. The number of likely N-dealkylation sites (tertiary alicyclic amines) is 1. The summed E-state index contributed by atoms with van der Waals surface area (Å²) in [7, 11) is 0. The van der Waals surface area contributed by atoms with Crippen molar-refractivity contribution in [3.8, 4) is 5.69 Å². The molecule has 0 unspecified atom stereocenters. The SMILES string of the molecule is Cc1nnc(C[C@]23C[C@H](C)C[C@H](C2)N3C(=O)Nc2ccc(Cl)c(-n3nccn3)c2)o1. The molecule has 2 fully saturated rings. The van der Waals surface area contributed by atoms with Crippen LogP contribution in [-0.4, -0.2) is 47.7 Å². The number of nitrogens with zero attached hydrogens (tertiary/aromatic N) is 6. The Morgan fingerprint density at radius 1 is 1.30 bits per heavy atom. The van der Waals surface area contributed by atoms with E-state index in [1.807, 2.05) is 4.90 Å². The Balaban J connectivity index is 1.38. The number of urea groups is 1. The second-order valence-electron chi connectivity index (χ2n) is 8.30. The summed E-state index contributed by atoms with van der Waals surface area (Å²) in [5.41, 5.74) is 0.955. The molecule has 1 aromatic carbocycles. The molecule has 1 N–H and O–H groups in total. The molecular weight excluding hydrogens is 406 g/mol. The molecule has 0 spiro atoms. The Bertz CT molecular complexity index is 1080. The van der Waals surface area contributed by atoms with E-state index in [1.54, 1.807) is 37.5 Å². The fourth-order valence-corrected chi connectivity index (χ4v) is 5.23. The number of benzene rings is 1. The van der Waals surface area contributed by atoms with Crippen LogP contribution in [0, 0.1) is 12.8 Å². The first-order valence-electron chi connectivity index (χ1n) is 9.99. The van der Waals surface area contributed by atoms with E-state index in [-0.39, 0.29) is 17.6 Å². The van der Waals surface area contributed by atoms with Gasteiger partial charge >= 0.3 is 6.03 Å². The lowest BCUT2D eigenvalue weighted by molar-refractivity contribution is -0.0918. The topological polar surface area (TPSA) is 102 Å². The predicted molar refractivity (Wildman–Crippen MR) is 109 cm³/mol. The first-order chi connectivity index (χ1) is 14.4. The van der Waals surface area contributed by atoms with Crippen molar-refractivity contribution in [3.05, 3.63) is 47.4 Å². The average molecular weight is 428 g/mol. The van der Waals surface area contributed by atoms with Gasteiger partial charge in [-0.15, -0.1) is 10.2 Å². The van der Waals surface area contributed by atoms with E-state index in [1.165, 1.54) is 4.80 Å². The van der Waals surface area contributed by atoms with E-state index in [0.29, 0.717) is 40.5 Å². The average Bonchev–Trinajstić information content (AvgIpc) is 3.34. The molecule has 5 rings (SSSR count). The third-order valence-electron chi connectivity index (χ3n) is 5.99. The van der Waals surface area contributed by atoms with E-state index >= 15 is 0 Å². The van der Waals surface area contributed by atoms with Gasteiger partial charge in [0.15, 0.2) is 0 Å². The highest BCUT2D eigenvalue weighted by Crippen LogP contribution is 2.51. The summed E-state index contributed by atoms with van der Waals surface area (Å²) in [5.74, 6) is 1.67. The third-order valence-corrected chi connectivity index (χ3v) is 6.31. The number of anilines is 1. The maximum Gasteiger partial charge on any atom is 0.322 e. The van der Waals surface area contributed by atoms with Gasteiger partial charge in [0.2, 0.25) is 11.8 Å². The maximum absolute atomic E-state index is 13.3. The van der Waals surface area contributed by atoms with E-state index in [2.05, 4.69) is 32.6 Å². The van der Waals surface area contributed by atoms with Crippen molar-refractivity contribution >= 4 is 23.3 Å². The number of halogens is 1. The van der Waals surface area contributed by atoms with Crippen molar-refractivity contribution in [1.82, 2.24) is 30.1 Å². The second kappa shape index (κ2) is 7.09. The molecule has 3 atom stereocenters. The highest BCUT2D eigenvalue weighted by molar-refractivity contribution is 6.32. The van der Waals surface area contributed by atoms with Crippen LogP contribution in [0.5, 0.6) is 0 Å². The molecule has 0 radical (unpaired) electrons. The van der Waals surface area contributed by atoms with Crippen LogP contribution in [0.1, 0.15) is 38.0 Å². The standard InChI is InChI=1S/C20H22ClN7O2/c1-12-7-15-10-20(9-12,11-18-26-25-13(2)30-18)27(15)19(29)24-14-3-4-16(21)17(8-14)28-22-5-6-23-28/h3-6,8,12,15H,7,9-11H2,1-2H3,(H,24,29)/t12-,15-,20+/m1/s1. The zero-order valence-electron chi connectivity index (χ0n) is 16.7. The molecule has 2 amide bonds. The Hall–Kier alpha value is -2.94. The van der Waals surface area contributed by atoms with Gasteiger partial charge in [0.25, 0.3) is 0 Å². The van der Waals surface area contributed by atoms with Gasteiger partial charge in [0.1, 0.15) is 5.69 Å². The fourth-order valence-electron chi connectivity index (χ4n) is 5.04. The van der Waals surface area contributed by atoms with Crippen molar-refractivity contribution in [2.45, 2.75) is 51.1 Å². The van der Waals surface area contributed by atoms with Crippen LogP contribution in [0.25, 0.3) is 5.69 Å². The minimum Gasteiger partial charge on any atom is -0.426 e. The summed E-state index contributed by atoms with van der Waals surface area (Å²) in [4.78, 5) is 16.7. The summed E-state index contributed by atoms with van der Waals surface area (Å²) in [5, 5.41) is 19.9. The van der Waals surface area contributed by atoms with E-state index in [9.17, 15) is 4.79 Å². The molecule has 156 valence electrons. The molecule has 2 bridgehead atoms. The number of rotatable bonds is 4. The predicted octanol–water partition coefficient (Wildman–Crippen LogP) is 3.63. The van der Waals surface area contributed by atoms with Gasteiger partial charge in [-0.25, -0.2) is 4.79 Å². The van der Waals surface area contributed by atoms with Crippen LogP contribution in [0.15, 0.2) is 35.0 Å². The second-order valence-corrected chi connectivity index (χ2v) is 8.71. The Morgan fingerprint density at radius 3 is 2.83 bits per heavy atom. The van der Waals surface area contributed by atoms with Crippen LogP contribution >= 0.6 is 11.6 Å². The van der Waals surface area contributed by atoms with Crippen molar-refractivity contribution in [2.75, 3.05) is 5.32 Å². The van der Waals surface area contributed by atoms with Crippen LogP contribution in [0.3, 0.4) is 0 Å². The van der Waals surface area contributed by atoms with Crippen LogP contribution in [-0.2, 0) is 6.42 Å². The monoisotopic (exact) mass is 427 g/mol. The Morgan fingerprint density at radius 2 is 2.10 bits per heavy atom. The van der Waals surface area contributed by atoms with Gasteiger partial charge in [-0.05, 0) is 43.4 Å². The van der Waals surface area contributed by atoms with Crippen molar-refractivity contribution < 1.29 is 9.21 Å². The molecule has 1 saturated heterocycles. The van der Waals surface area contributed by atoms with Gasteiger partial charge in [-0.1, -0.05) is 18.5 Å². The summed E-state index contributed by atoms with van der Waals surface area (Å²) in [6, 6.07) is 5.37. The summed E-state index contributed by atoms with van der Waals surface area (Å²) in [6.45, 7) is 4.01. The summed E-state index contributed by atoms with van der Waals surface area (Å²) >= 11 is 6.29. The number of piperidine rings is 1. The lowest BCUT2D eigenvalue weighted by atomic mass is 9.63. The number of aromatic nitrogens is 5. The van der Waals surface area contributed by atoms with E-state index < -0.39 is 0 Å². The first-order valence-corrected chi connectivity index (χ1v) is 10.4. The third kappa shape index (κ3) is 3.23. The molecule has 2 aliphatic rings. The number of hydrogen-bond donors (Lipinski definition) is 1. The van der Waals surface area contributed by atoms with E-state index in [4.69, 9.17) is 16.0 Å². The van der Waals surface area contributed by atoms with Crippen LogP contribution in [0.2, 0.25) is 5.02 Å². The number of hydrogen-bond acceptors (Lipinski definition) is 6. The van der Waals surface area contributed by atoms with Crippen LogP contribution < -0.4 is 5.32 Å². The number of amides is 2. The molecular formula is C20H22ClN7O2. The highest BCUT2D eigenvalue weighted by Gasteiger charge is 2.58. The zero-order valence-corrected chi connectivity index (χ0v) is 17.5. The zero-order chi connectivity index (χ0) is 20.9.